The Hall–Kier alpha value is -2.41. The molecule has 2 aromatic rings. The van der Waals surface area contributed by atoms with Crippen molar-refractivity contribution >= 4 is 5.91 Å². The summed E-state index contributed by atoms with van der Waals surface area (Å²) in [6.45, 7) is 1.55. The van der Waals surface area contributed by atoms with Crippen LogP contribution in [0.5, 0.6) is 0 Å². The van der Waals surface area contributed by atoms with Crippen LogP contribution >= 0.6 is 0 Å². The van der Waals surface area contributed by atoms with Crippen molar-refractivity contribution in [1.29, 1.82) is 0 Å². The van der Waals surface area contributed by atoms with Crippen LogP contribution in [0.15, 0.2) is 48.8 Å². The van der Waals surface area contributed by atoms with Crippen molar-refractivity contribution in [3.8, 4) is 0 Å². The van der Waals surface area contributed by atoms with E-state index in [1.54, 1.807) is 18.5 Å². The Kier molecular flexibility index (Phi) is 6.11. The summed E-state index contributed by atoms with van der Waals surface area (Å²) >= 11 is 0. The van der Waals surface area contributed by atoms with Gasteiger partial charge >= 0.3 is 6.18 Å². The summed E-state index contributed by atoms with van der Waals surface area (Å²) in [6.07, 6.45) is 1.25. The second-order valence-corrected chi connectivity index (χ2v) is 6.74. The van der Waals surface area contributed by atoms with Crippen LogP contribution in [0.1, 0.15) is 36.0 Å². The fourth-order valence-electron chi connectivity index (χ4n) is 3.36. The topological polar surface area (TPSA) is 45.2 Å². The van der Waals surface area contributed by atoms with Gasteiger partial charge in [-0.3, -0.25) is 9.78 Å². The Morgan fingerprint density at radius 3 is 2.74 bits per heavy atom. The summed E-state index contributed by atoms with van der Waals surface area (Å²) in [5, 5.41) is 3.19. The number of amides is 1. The molecule has 0 spiro atoms. The number of likely N-dealkylation sites (tertiary alicyclic amines) is 1. The average Bonchev–Trinajstić information content (AvgIpc) is 2.99. The van der Waals surface area contributed by atoms with E-state index >= 15 is 0 Å². The second kappa shape index (κ2) is 8.52. The fraction of sp³-hybridized carbons (Fsp3) is 0.400. The Balaban J connectivity index is 1.49. The quantitative estimate of drug-likeness (QED) is 0.747. The lowest BCUT2D eigenvalue weighted by atomic mass is 10.1. The molecule has 1 saturated heterocycles. The number of rotatable bonds is 7. The zero-order chi connectivity index (χ0) is 19.3. The van der Waals surface area contributed by atoms with Crippen LogP contribution < -0.4 is 5.32 Å². The summed E-state index contributed by atoms with van der Waals surface area (Å²) in [7, 11) is 0. The van der Waals surface area contributed by atoms with Gasteiger partial charge in [0.1, 0.15) is 0 Å². The smallest absolute Gasteiger partial charge is 0.335 e. The number of halogens is 3. The first kappa shape index (κ1) is 19.4. The third-order valence-corrected chi connectivity index (χ3v) is 4.77. The molecule has 0 bridgehead atoms. The molecule has 27 heavy (non-hydrogen) atoms. The van der Waals surface area contributed by atoms with Crippen molar-refractivity contribution in [3.05, 3.63) is 65.5 Å². The molecular formula is C20H22F3N3O. The molecule has 1 unspecified atom stereocenters. The average molecular weight is 377 g/mol. The van der Waals surface area contributed by atoms with Crippen LogP contribution in [0.25, 0.3) is 0 Å². The highest BCUT2D eigenvalue weighted by Crippen LogP contribution is 2.29. The minimum Gasteiger partial charge on any atom is -0.335 e. The van der Waals surface area contributed by atoms with Gasteiger partial charge in [-0.25, -0.2) is 0 Å². The van der Waals surface area contributed by atoms with Crippen LogP contribution in [0.2, 0.25) is 0 Å². The molecule has 3 rings (SSSR count). The van der Waals surface area contributed by atoms with Gasteiger partial charge in [-0.15, -0.1) is 0 Å². The molecule has 0 radical (unpaired) electrons. The largest absolute Gasteiger partial charge is 0.416 e. The van der Waals surface area contributed by atoms with Gasteiger partial charge < -0.3 is 10.2 Å². The first-order valence-corrected chi connectivity index (χ1v) is 8.99. The number of nitrogens with one attached hydrogen (secondary N) is 1. The van der Waals surface area contributed by atoms with Gasteiger partial charge in [0.15, 0.2) is 0 Å². The van der Waals surface area contributed by atoms with Crippen LogP contribution in [0.4, 0.5) is 13.2 Å². The van der Waals surface area contributed by atoms with Crippen molar-refractivity contribution in [2.24, 2.45) is 0 Å². The number of carbonyl (C=O) groups excluding carboxylic acids is 1. The Morgan fingerprint density at radius 1 is 1.19 bits per heavy atom. The van der Waals surface area contributed by atoms with Crippen LogP contribution in [-0.4, -0.2) is 28.4 Å². The SMILES string of the molecule is O=C1CCC(CCNCc2cccc(C(F)(F)F)c2)N1Cc1cccnc1. The predicted molar refractivity (Wildman–Crippen MR) is 95.6 cm³/mol. The molecule has 7 heteroatoms. The van der Waals surface area contributed by atoms with Crippen LogP contribution in [-0.2, 0) is 24.1 Å². The van der Waals surface area contributed by atoms with Gasteiger partial charge in [-0.2, -0.15) is 13.2 Å². The van der Waals surface area contributed by atoms with E-state index in [1.165, 1.54) is 12.1 Å². The van der Waals surface area contributed by atoms with Crippen LogP contribution in [0, 0.1) is 0 Å². The highest BCUT2D eigenvalue weighted by molar-refractivity contribution is 5.78. The monoisotopic (exact) mass is 377 g/mol. The number of benzene rings is 1. The number of nitrogens with zero attached hydrogens (tertiary/aromatic N) is 2. The minimum atomic E-state index is -4.33. The molecule has 1 aliphatic heterocycles. The molecule has 1 aliphatic rings. The van der Waals surface area contributed by atoms with Crippen molar-refractivity contribution in [3.63, 3.8) is 0 Å². The minimum absolute atomic E-state index is 0.140. The van der Waals surface area contributed by atoms with Gasteiger partial charge in [0.25, 0.3) is 0 Å². The maximum absolute atomic E-state index is 12.8. The zero-order valence-corrected chi connectivity index (χ0v) is 14.9. The van der Waals surface area contributed by atoms with Gasteiger partial charge in [0.05, 0.1) is 5.56 Å². The third-order valence-electron chi connectivity index (χ3n) is 4.77. The maximum atomic E-state index is 12.8. The number of hydrogen-bond donors (Lipinski definition) is 1. The fourth-order valence-corrected chi connectivity index (χ4v) is 3.36. The molecule has 1 aromatic heterocycles. The van der Waals surface area contributed by atoms with E-state index in [-0.39, 0.29) is 11.9 Å². The lowest BCUT2D eigenvalue weighted by Gasteiger charge is -2.25. The summed E-state index contributed by atoms with van der Waals surface area (Å²) in [6, 6.07) is 9.28. The number of carbonyl (C=O) groups is 1. The zero-order valence-electron chi connectivity index (χ0n) is 14.9. The lowest BCUT2D eigenvalue weighted by Crippen LogP contribution is -2.34. The summed E-state index contributed by atoms with van der Waals surface area (Å²) in [5.41, 5.74) is 0.958. The van der Waals surface area contributed by atoms with Crippen molar-refractivity contribution in [2.75, 3.05) is 6.54 Å². The van der Waals surface area contributed by atoms with E-state index in [0.717, 1.165) is 24.5 Å². The van der Waals surface area contributed by atoms with Gasteiger partial charge in [0, 0.05) is 37.9 Å². The van der Waals surface area contributed by atoms with E-state index in [0.29, 0.717) is 31.6 Å². The number of alkyl halides is 3. The molecule has 1 fully saturated rings. The van der Waals surface area contributed by atoms with Gasteiger partial charge in [-0.1, -0.05) is 24.3 Å². The molecule has 1 N–H and O–H groups in total. The Morgan fingerprint density at radius 2 is 2.00 bits per heavy atom. The van der Waals surface area contributed by atoms with E-state index in [2.05, 4.69) is 10.3 Å². The van der Waals surface area contributed by atoms with Gasteiger partial charge in [-0.05, 0) is 42.6 Å². The molecule has 4 nitrogen and oxygen atoms in total. The van der Waals surface area contributed by atoms with Crippen molar-refractivity contribution in [2.45, 2.75) is 44.6 Å². The van der Waals surface area contributed by atoms with E-state index in [4.69, 9.17) is 0 Å². The molecule has 144 valence electrons. The molecule has 0 saturated carbocycles. The maximum Gasteiger partial charge on any atom is 0.416 e. The first-order valence-electron chi connectivity index (χ1n) is 8.99. The molecule has 1 amide bonds. The standard InChI is InChI=1S/C20H22F3N3O/c21-20(22,23)17-5-1-3-15(11-17)12-25-10-8-18-6-7-19(27)26(18)14-16-4-2-9-24-13-16/h1-5,9,11,13,18,25H,6-8,10,12,14H2. The van der Waals surface area contributed by atoms with Crippen molar-refractivity contribution in [1.82, 2.24) is 15.2 Å². The number of aromatic nitrogens is 1. The predicted octanol–water partition coefficient (Wildman–Crippen LogP) is 3.77. The third kappa shape index (κ3) is 5.29. The molecule has 0 aliphatic carbocycles. The molecule has 1 atom stereocenters. The number of hydrogen-bond acceptors (Lipinski definition) is 3. The number of pyridine rings is 1. The highest BCUT2D eigenvalue weighted by atomic mass is 19.4. The Labute approximate surface area is 156 Å². The van der Waals surface area contributed by atoms with Crippen LogP contribution in [0.3, 0.4) is 0 Å². The van der Waals surface area contributed by atoms with E-state index < -0.39 is 11.7 Å². The summed E-state index contributed by atoms with van der Waals surface area (Å²) < 4.78 is 38.3. The lowest BCUT2D eigenvalue weighted by molar-refractivity contribution is -0.137. The Bertz CT molecular complexity index is 765. The molecular weight excluding hydrogens is 355 g/mol. The summed E-state index contributed by atoms with van der Waals surface area (Å²) in [4.78, 5) is 18.1. The normalized spacial score (nSPS) is 17.5. The van der Waals surface area contributed by atoms with E-state index in [1.807, 2.05) is 17.0 Å². The van der Waals surface area contributed by atoms with Crippen molar-refractivity contribution < 1.29 is 18.0 Å². The van der Waals surface area contributed by atoms with Gasteiger partial charge in [0.2, 0.25) is 5.91 Å². The molecule has 2 heterocycles. The first-order chi connectivity index (χ1) is 12.9. The molecule has 1 aromatic carbocycles. The summed E-state index contributed by atoms with van der Waals surface area (Å²) in [5.74, 6) is 0.140. The van der Waals surface area contributed by atoms with E-state index in [9.17, 15) is 18.0 Å². The second-order valence-electron chi connectivity index (χ2n) is 6.74. The highest BCUT2D eigenvalue weighted by Gasteiger charge is 2.31.